The van der Waals surface area contributed by atoms with E-state index in [0.29, 0.717) is 0 Å². The van der Waals surface area contributed by atoms with Crippen LogP contribution in [0.25, 0.3) is 0 Å². The molecule has 0 unspecified atom stereocenters. The summed E-state index contributed by atoms with van der Waals surface area (Å²) in [5.74, 6) is -4.32. The third-order valence-corrected chi connectivity index (χ3v) is 4.50. The van der Waals surface area contributed by atoms with Gasteiger partial charge in [0, 0.05) is 11.8 Å². The van der Waals surface area contributed by atoms with Gasteiger partial charge in [-0.3, -0.25) is 19.7 Å². The fraction of sp³-hybridized carbons (Fsp3) is 0. The summed E-state index contributed by atoms with van der Waals surface area (Å²) >= 11 is 0. The highest BCUT2D eigenvalue weighted by molar-refractivity contribution is 6.12. The zero-order chi connectivity index (χ0) is 24.1. The Bertz CT molecular complexity index is 1300. The number of carbonyl (C=O) groups excluding carboxylic acids is 2. The molecule has 0 spiro atoms. The number of nitro benzene ring substituents is 1. The van der Waals surface area contributed by atoms with Crippen LogP contribution < -0.4 is 10.6 Å². The number of nitro groups is 1. The second-order valence-corrected chi connectivity index (χ2v) is 6.60. The first-order valence-corrected chi connectivity index (χ1v) is 9.25. The molecule has 0 saturated heterocycles. The molecule has 0 heterocycles. The van der Waals surface area contributed by atoms with Crippen LogP contribution >= 0.6 is 0 Å². The van der Waals surface area contributed by atoms with Crippen molar-refractivity contribution >= 4 is 40.8 Å². The fourth-order valence-electron chi connectivity index (χ4n) is 2.99. The van der Waals surface area contributed by atoms with Crippen molar-refractivity contribution in [1.29, 1.82) is 0 Å². The van der Waals surface area contributed by atoms with Crippen molar-refractivity contribution in [3.05, 3.63) is 99.1 Å². The SMILES string of the molecule is O=C(O)c1ccccc1C(=O)Nc1ccc(NC(=O)c2ccccc2C(=O)O)c([N+](=O)[O-])c1. The summed E-state index contributed by atoms with van der Waals surface area (Å²) in [7, 11) is 0. The summed E-state index contributed by atoms with van der Waals surface area (Å²) in [5, 5.41) is 34.7. The van der Waals surface area contributed by atoms with Gasteiger partial charge < -0.3 is 20.8 Å². The van der Waals surface area contributed by atoms with Gasteiger partial charge in [-0.05, 0) is 36.4 Å². The van der Waals surface area contributed by atoms with Gasteiger partial charge in [0.05, 0.1) is 27.2 Å². The molecule has 0 aliphatic carbocycles. The van der Waals surface area contributed by atoms with Gasteiger partial charge in [0.25, 0.3) is 17.5 Å². The Balaban J connectivity index is 1.88. The number of hydrogen-bond acceptors (Lipinski definition) is 6. The minimum absolute atomic E-state index is 0.0178. The van der Waals surface area contributed by atoms with Gasteiger partial charge in [-0.15, -0.1) is 0 Å². The minimum atomic E-state index is -1.34. The van der Waals surface area contributed by atoms with Crippen molar-refractivity contribution in [2.24, 2.45) is 0 Å². The van der Waals surface area contributed by atoms with E-state index in [-0.39, 0.29) is 33.6 Å². The Hall–Kier alpha value is -5.06. The molecule has 0 atom stereocenters. The molecule has 0 fully saturated rings. The molecule has 33 heavy (non-hydrogen) atoms. The highest BCUT2D eigenvalue weighted by atomic mass is 16.6. The quantitative estimate of drug-likeness (QED) is 0.313. The van der Waals surface area contributed by atoms with E-state index >= 15 is 0 Å². The molecule has 4 N–H and O–H groups in total. The van der Waals surface area contributed by atoms with Gasteiger partial charge in [-0.25, -0.2) is 9.59 Å². The molecule has 11 heteroatoms. The molecular formula is C22H15N3O8. The summed E-state index contributed by atoms with van der Waals surface area (Å²) < 4.78 is 0. The number of rotatable bonds is 7. The standard InChI is InChI=1S/C22H15N3O8/c26-19(13-5-1-3-7-15(13)21(28)29)23-12-9-10-17(18(11-12)25(32)33)24-20(27)14-6-2-4-8-16(14)22(30)31/h1-11H,(H,23,26)(H,24,27)(H,28,29)(H,30,31). The lowest BCUT2D eigenvalue weighted by atomic mass is 10.1. The summed E-state index contributed by atoms with van der Waals surface area (Å²) in [6, 6.07) is 14.2. The Morgan fingerprint density at radius 2 is 1.15 bits per heavy atom. The average molecular weight is 449 g/mol. The van der Waals surface area contributed by atoms with E-state index in [1.54, 1.807) is 0 Å². The maximum Gasteiger partial charge on any atom is 0.336 e. The molecule has 11 nitrogen and oxygen atoms in total. The van der Waals surface area contributed by atoms with Crippen LogP contribution in [-0.4, -0.2) is 38.9 Å². The number of hydrogen-bond donors (Lipinski definition) is 4. The molecule has 3 rings (SSSR count). The van der Waals surface area contributed by atoms with Gasteiger partial charge in [0.15, 0.2) is 0 Å². The van der Waals surface area contributed by atoms with Crippen LogP contribution in [0.15, 0.2) is 66.7 Å². The zero-order valence-electron chi connectivity index (χ0n) is 16.6. The number of aromatic carboxylic acids is 2. The van der Waals surface area contributed by atoms with E-state index in [2.05, 4.69) is 10.6 Å². The number of nitrogens with zero attached hydrogens (tertiary/aromatic N) is 1. The van der Waals surface area contributed by atoms with Crippen LogP contribution in [0, 0.1) is 10.1 Å². The number of carboxylic acid groups (broad SMARTS) is 2. The summed E-state index contributed by atoms with van der Waals surface area (Å²) in [5.41, 5.74) is -1.67. The van der Waals surface area contributed by atoms with Crippen molar-refractivity contribution < 1.29 is 34.3 Å². The highest BCUT2D eigenvalue weighted by Gasteiger charge is 2.22. The van der Waals surface area contributed by atoms with Gasteiger partial charge in [0.1, 0.15) is 5.69 Å². The lowest BCUT2D eigenvalue weighted by molar-refractivity contribution is -0.383. The summed E-state index contributed by atoms with van der Waals surface area (Å²) in [4.78, 5) is 58.4. The Morgan fingerprint density at radius 1 is 0.697 bits per heavy atom. The molecule has 2 amide bonds. The lowest BCUT2D eigenvalue weighted by Gasteiger charge is -2.11. The second kappa shape index (κ2) is 9.39. The molecule has 166 valence electrons. The molecule has 0 aliphatic rings. The molecular weight excluding hydrogens is 434 g/mol. The topological polar surface area (TPSA) is 176 Å². The average Bonchev–Trinajstić information content (AvgIpc) is 2.79. The molecule has 0 saturated carbocycles. The molecule has 3 aromatic rings. The second-order valence-electron chi connectivity index (χ2n) is 6.60. The van der Waals surface area contributed by atoms with Crippen LogP contribution in [0.5, 0.6) is 0 Å². The zero-order valence-corrected chi connectivity index (χ0v) is 16.6. The first-order chi connectivity index (χ1) is 15.7. The number of anilines is 2. The van der Waals surface area contributed by atoms with E-state index in [1.165, 1.54) is 54.6 Å². The predicted octanol–water partition coefficient (Wildman–Crippen LogP) is 3.50. The third-order valence-electron chi connectivity index (χ3n) is 4.50. The number of benzene rings is 3. The number of nitrogens with one attached hydrogen (secondary N) is 2. The largest absolute Gasteiger partial charge is 0.478 e. The normalized spacial score (nSPS) is 10.2. The van der Waals surface area contributed by atoms with E-state index in [9.17, 15) is 39.5 Å². The van der Waals surface area contributed by atoms with Crippen molar-refractivity contribution in [2.45, 2.75) is 0 Å². The minimum Gasteiger partial charge on any atom is -0.478 e. The van der Waals surface area contributed by atoms with E-state index < -0.39 is 34.4 Å². The van der Waals surface area contributed by atoms with Crippen molar-refractivity contribution in [3.63, 3.8) is 0 Å². The van der Waals surface area contributed by atoms with Gasteiger partial charge in [0.2, 0.25) is 0 Å². The highest BCUT2D eigenvalue weighted by Crippen LogP contribution is 2.29. The predicted molar refractivity (Wildman–Crippen MR) is 116 cm³/mol. The van der Waals surface area contributed by atoms with Gasteiger partial charge in [-0.1, -0.05) is 24.3 Å². The Morgan fingerprint density at radius 3 is 1.61 bits per heavy atom. The molecule has 0 bridgehead atoms. The van der Waals surface area contributed by atoms with Crippen LogP contribution in [-0.2, 0) is 0 Å². The third kappa shape index (κ3) is 4.99. The van der Waals surface area contributed by atoms with Crippen molar-refractivity contribution in [3.8, 4) is 0 Å². The Labute approximate surface area is 185 Å². The monoisotopic (exact) mass is 449 g/mol. The molecule has 3 aromatic carbocycles. The Kier molecular flexibility index (Phi) is 6.44. The molecule has 0 radical (unpaired) electrons. The summed E-state index contributed by atoms with van der Waals surface area (Å²) in [6.07, 6.45) is 0. The first-order valence-electron chi connectivity index (χ1n) is 9.25. The van der Waals surface area contributed by atoms with Gasteiger partial charge in [-0.2, -0.15) is 0 Å². The smallest absolute Gasteiger partial charge is 0.336 e. The van der Waals surface area contributed by atoms with Crippen molar-refractivity contribution in [1.82, 2.24) is 0 Å². The summed E-state index contributed by atoms with van der Waals surface area (Å²) in [6.45, 7) is 0. The maximum atomic E-state index is 12.5. The van der Waals surface area contributed by atoms with E-state index in [0.717, 1.165) is 12.1 Å². The molecule has 0 aliphatic heterocycles. The fourth-order valence-corrected chi connectivity index (χ4v) is 2.99. The van der Waals surface area contributed by atoms with E-state index in [1.807, 2.05) is 0 Å². The lowest BCUT2D eigenvalue weighted by Crippen LogP contribution is -2.18. The first kappa shape index (κ1) is 22.6. The molecule has 0 aromatic heterocycles. The van der Waals surface area contributed by atoms with Crippen LogP contribution in [0.1, 0.15) is 41.4 Å². The van der Waals surface area contributed by atoms with Gasteiger partial charge >= 0.3 is 11.9 Å². The van der Waals surface area contributed by atoms with Crippen LogP contribution in [0.2, 0.25) is 0 Å². The number of carboxylic acids is 2. The van der Waals surface area contributed by atoms with Crippen LogP contribution in [0.3, 0.4) is 0 Å². The van der Waals surface area contributed by atoms with Crippen molar-refractivity contribution in [2.75, 3.05) is 10.6 Å². The van der Waals surface area contributed by atoms with Crippen LogP contribution in [0.4, 0.5) is 17.1 Å². The maximum absolute atomic E-state index is 12.5. The number of carbonyl (C=O) groups is 4. The van der Waals surface area contributed by atoms with E-state index in [4.69, 9.17) is 0 Å². The number of amides is 2.